The second-order valence-electron chi connectivity index (χ2n) is 7.20. The van der Waals surface area contributed by atoms with Crippen LogP contribution >= 0.6 is 34.8 Å². The van der Waals surface area contributed by atoms with Crippen molar-refractivity contribution in [3.05, 3.63) is 26.7 Å². The van der Waals surface area contributed by atoms with Crippen LogP contribution in [0.15, 0.2) is 6.07 Å². The van der Waals surface area contributed by atoms with Crippen LogP contribution in [0.1, 0.15) is 50.9 Å². The average molecular weight is 440 g/mol. The Morgan fingerprint density at radius 3 is 2.26 bits per heavy atom. The maximum absolute atomic E-state index is 12.5. The van der Waals surface area contributed by atoms with Crippen molar-refractivity contribution in [1.29, 1.82) is 0 Å². The summed E-state index contributed by atoms with van der Waals surface area (Å²) in [5.41, 5.74) is -0.451. The number of esters is 2. The number of hydrogen-bond acceptors (Lipinski definition) is 5. The third kappa shape index (κ3) is 6.87. The van der Waals surface area contributed by atoms with E-state index in [-0.39, 0.29) is 27.1 Å². The molecule has 6 nitrogen and oxygen atoms in total. The van der Waals surface area contributed by atoms with E-state index in [0.29, 0.717) is 12.3 Å². The fourth-order valence-electron chi connectivity index (χ4n) is 2.70. The molecule has 0 unspecified atom stereocenters. The number of halogens is 3. The number of carboxylic acids is 1. The Kier molecular flexibility index (Phi) is 8.39. The molecule has 1 N–H and O–H groups in total. The minimum atomic E-state index is -1.85. The maximum atomic E-state index is 12.5. The molecular weight excluding hydrogens is 419 g/mol. The molecule has 0 spiro atoms. The van der Waals surface area contributed by atoms with E-state index in [9.17, 15) is 14.4 Å². The van der Waals surface area contributed by atoms with Gasteiger partial charge in [0.05, 0.1) is 21.7 Å². The smallest absolute Gasteiger partial charge is 0.422 e. The second-order valence-corrected chi connectivity index (χ2v) is 8.39. The molecule has 0 amide bonds. The Hall–Kier alpha value is -1.50. The first-order valence-electron chi connectivity index (χ1n) is 8.15. The molecule has 0 saturated carbocycles. The van der Waals surface area contributed by atoms with Gasteiger partial charge in [0.15, 0.2) is 5.75 Å². The molecule has 27 heavy (non-hydrogen) atoms. The monoisotopic (exact) mass is 438 g/mol. The number of aliphatic carboxylic acids is 1. The predicted octanol–water partition coefficient (Wildman–Crippen LogP) is 5.26. The minimum Gasteiger partial charge on any atom is -0.473 e. The van der Waals surface area contributed by atoms with Crippen molar-refractivity contribution < 1.29 is 29.0 Å². The van der Waals surface area contributed by atoms with Crippen molar-refractivity contribution in [2.24, 2.45) is 11.3 Å². The molecule has 0 radical (unpaired) electrons. The summed E-state index contributed by atoms with van der Waals surface area (Å²) >= 11 is 17.9. The highest BCUT2D eigenvalue weighted by Crippen LogP contribution is 2.40. The van der Waals surface area contributed by atoms with Crippen LogP contribution in [0.3, 0.4) is 0 Å². The summed E-state index contributed by atoms with van der Waals surface area (Å²) in [5, 5.41) is 8.14. The standard InChI is InChI=1S/C18H21Cl3O6/c1-9(2)8-18(3,4)5-6-26-16(24)12-13(21)10(19)7-11(20)14(12)27-17(25)15(22)23/h7,9H,5-6,8H2,1-4H3,(H,22,23). The van der Waals surface area contributed by atoms with Crippen molar-refractivity contribution in [3.8, 4) is 5.75 Å². The van der Waals surface area contributed by atoms with Gasteiger partial charge in [0.2, 0.25) is 0 Å². The summed E-state index contributed by atoms with van der Waals surface area (Å²) < 4.78 is 9.92. The van der Waals surface area contributed by atoms with Crippen molar-refractivity contribution in [1.82, 2.24) is 0 Å². The molecule has 0 aliphatic carbocycles. The SMILES string of the molecule is CC(C)CC(C)(C)CCOC(=O)c1c(Cl)c(Cl)cc(Cl)c1OC(=O)C(=O)O. The van der Waals surface area contributed by atoms with Gasteiger partial charge in [-0.3, -0.25) is 0 Å². The molecule has 0 saturated heterocycles. The number of carbonyl (C=O) groups excluding carboxylic acids is 2. The second kappa shape index (κ2) is 9.62. The lowest BCUT2D eigenvalue weighted by Crippen LogP contribution is -2.22. The molecule has 1 aromatic rings. The predicted molar refractivity (Wildman–Crippen MR) is 103 cm³/mol. The minimum absolute atomic E-state index is 0.0528. The highest BCUT2D eigenvalue weighted by Gasteiger charge is 2.28. The van der Waals surface area contributed by atoms with E-state index in [1.165, 1.54) is 0 Å². The highest BCUT2D eigenvalue weighted by molar-refractivity contribution is 6.46. The van der Waals surface area contributed by atoms with Crippen LogP contribution in [0.4, 0.5) is 0 Å². The fourth-order valence-corrected chi connectivity index (χ4v) is 3.42. The lowest BCUT2D eigenvalue weighted by molar-refractivity contribution is -0.158. The van der Waals surface area contributed by atoms with E-state index in [4.69, 9.17) is 44.6 Å². The van der Waals surface area contributed by atoms with E-state index in [0.717, 1.165) is 12.5 Å². The third-order valence-electron chi connectivity index (χ3n) is 3.67. The molecule has 9 heteroatoms. The quantitative estimate of drug-likeness (QED) is 0.270. The summed E-state index contributed by atoms with van der Waals surface area (Å²) in [6.45, 7) is 8.41. The largest absolute Gasteiger partial charge is 0.473 e. The zero-order valence-corrected chi connectivity index (χ0v) is 17.7. The zero-order valence-electron chi connectivity index (χ0n) is 15.4. The summed E-state index contributed by atoms with van der Waals surface area (Å²) in [4.78, 5) is 34.6. The molecule has 0 bridgehead atoms. The van der Waals surface area contributed by atoms with E-state index in [1.807, 2.05) is 0 Å². The van der Waals surface area contributed by atoms with E-state index >= 15 is 0 Å². The molecular formula is C18H21Cl3O6. The van der Waals surface area contributed by atoms with Crippen molar-refractivity contribution in [2.75, 3.05) is 6.61 Å². The highest BCUT2D eigenvalue weighted by atomic mass is 35.5. The number of ether oxygens (including phenoxy) is 2. The van der Waals surface area contributed by atoms with Gasteiger partial charge in [-0.2, -0.15) is 0 Å². The summed E-state index contributed by atoms with van der Waals surface area (Å²) in [7, 11) is 0. The normalized spacial score (nSPS) is 11.4. The van der Waals surface area contributed by atoms with E-state index in [1.54, 1.807) is 0 Å². The third-order valence-corrected chi connectivity index (χ3v) is 4.74. The van der Waals surface area contributed by atoms with E-state index in [2.05, 4.69) is 32.4 Å². The first-order valence-corrected chi connectivity index (χ1v) is 9.29. The fraction of sp³-hybridized carbons (Fsp3) is 0.500. The molecule has 0 heterocycles. The van der Waals surface area contributed by atoms with Gasteiger partial charge in [0.25, 0.3) is 0 Å². The number of carbonyl (C=O) groups is 3. The van der Waals surface area contributed by atoms with Crippen LogP contribution in [-0.2, 0) is 14.3 Å². The van der Waals surface area contributed by atoms with Crippen molar-refractivity contribution >= 4 is 52.7 Å². The topological polar surface area (TPSA) is 89.9 Å². The van der Waals surface area contributed by atoms with Gasteiger partial charge >= 0.3 is 17.9 Å². The van der Waals surface area contributed by atoms with E-state index < -0.39 is 29.2 Å². The van der Waals surface area contributed by atoms with Gasteiger partial charge in [-0.25, -0.2) is 14.4 Å². The van der Waals surface area contributed by atoms with Crippen LogP contribution in [0.2, 0.25) is 15.1 Å². The average Bonchev–Trinajstić information content (AvgIpc) is 2.50. The van der Waals surface area contributed by atoms with Gasteiger partial charge < -0.3 is 14.6 Å². The van der Waals surface area contributed by atoms with Gasteiger partial charge in [0.1, 0.15) is 5.56 Å². The molecule has 0 fully saturated rings. The number of carboxylic acid groups (broad SMARTS) is 1. The summed E-state index contributed by atoms with van der Waals surface area (Å²) in [6, 6.07) is 1.14. The molecule has 0 atom stereocenters. The number of benzene rings is 1. The van der Waals surface area contributed by atoms with Crippen LogP contribution in [0.5, 0.6) is 5.75 Å². The summed E-state index contributed by atoms with van der Waals surface area (Å²) in [5.74, 6) is -4.42. The molecule has 1 aromatic carbocycles. The van der Waals surface area contributed by atoms with Gasteiger partial charge in [-0.15, -0.1) is 0 Å². The van der Waals surface area contributed by atoms with Crippen molar-refractivity contribution in [2.45, 2.75) is 40.5 Å². The summed E-state index contributed by atoms with van der Waals surface area (Å²) in [6.07, 6.45) is 1.53. The Bertz CT molecular complexity index is 743. The van der Waals surface area contributed by atoms with Gasteiger partial charge in [-0.1, -0.05) is 62.5 Å². The molecule has 1 rings (SSSR count). The number of rotatable bonds is 7. The first kappa shape index (κ1) is 23.5. The van der Waals surface area contributed by atoms with Crippen LogP contribution < -0.4 is 4.74 Å². The zero-order chi connectivity index (χ0) is 20.9. The molecule has 0 aromatic heterocycles. The van der Waals surface area contributed by atoms with Gasteiger partial charge in [-0.05, 0) is 30.2 Å². The number of hydrogen-bond donors (Lipinski definition) is 1. The molecule has 150 valence electrons. The van der Waals surface area contributed by atoms with Crippen molar-refractivity contribution in [3.63, 3.8) is 0 Å². The molecule has 0 aliphatic rings. The van der Waals surface area contributed by atoms with Crippen LogP contribution in [0, 0.1) is 11.3 Å². The first-order chi connectivity index (χ1) is 12.4. The van der Waals surface area contributed by atoms with Crippen LogP contribution in [0.25, 0.3) is 0 Å². The Balaban J connectivity index is 3.04. The molecule has 0 aliphatic heterocycles. The Labute approximate surface area is 172 Å². The Morgan fingerprint density at radius 1 is 1.15 bits per heavy atom. The maximum Gasteiger partial charge on any atom is 0.422 e. The lowest BCUT2D eigenvalue weighted by Gasteiger charge is -2.26. The Morgan fingerprint density at radius 2 is 1.74 bits per heavy atom. The van der Waals surface area contributed by atoms with Gasteiger partial charge in [0, 0.05) is 0 Å². The lowest BCUT2D eigenvalue weighted by atomic mass is 9.81. The van der Waals surface area contributed by atoms with Crippen LogP contribution in [-0.4, -0.2) is 29.6 Å².